The zero-order valence-corrected chi connectivity index (χ0v) is 26.2. The predicted octanol–water partition coefficient (Wildman–Crippen LogP) is 4.13. The second-order valence-corrected chi connectivity index (χ2v) is 13.3. The molecule has 4 aliphatic rings. The van der Waals surface area contributed by atoms with Crippen molar-refractivity contribution in [1.29, 1.82) is 0 Å². The van der Waals surface area contributed by atoms with Gasteiger partial charge in [-0.25, -0.2) is 9.37 Å². The van der Waals surface area contributed by atoms with E-state index in [9.17, 15) is 18.8 Å². The fourth-order valence-electron chi connectivity index (χ4n) is 7.74. The molecule has 0 unspecified atom stereocenters. The molecule has 6 rings (SSSR count). The first-order valence-electron chi connectivity index (χ1n) is 16.8. The summed E-state index contributed by atoms with van der Waals surface area (Å²) in [7, 11) is 0. The molecule has 1 N–H and O–H groups in total. The summed E-state index contributed by atoms with van der Waals surface area (Å²) in [4.78, 5) is 50.7. The van der Waals surface area contributed by atoms with Gasteiger partial charge in [0.05, 0.1) is 6.61 Å². The molecule has 10 heteroatoms. The Balaban J connectivity index is 1.18. The molecule has 3 amide bonds. The molecule has 242 valence electrons. The van der Waals surface area contributed by atoms with E-state index < -0.39 is 0 Å². The molecule has 0 radical (unpaired) electrons. The number of nitrogens with zero attached hydrogens (tertiary/aromatic N) is 4. The van der Waals surface area contributed by atoms with Gasteiger partial charge in [-0.1, -0.05) is 24.3 Å². The van der Waals surface area contributed by atoms with E-state index in [1.165, 1.54) is 6.07 Å². The molecule has 4 aliphatic heterocycles. The van der Waals surface area contributed by atoms with Crippen molar-refractivity contribution in [2.45, 2.75) is 57.9 Å². The lowest BCUT2D eigenvalue weighted by atomic mass is 9.79. The van der Waals surface area contributed by atoms with E-state index in [0.29, 0.717) is 69.2 Å². The third-order valence-electron chi connectivity index (χ3n) is 10.4. The van der Waals surface area contributed by atoms with E-state index in [-0.39, 0.29) is 47.2 Å². The van der Waals surface area contributed by atoms with Crippen molar-refractivity contribution in [1.82, 2.24) is 25.0 Å². The first-order chi connectivity index (χ1) is 21.9. The Morgan fingerprint density at radius 2 is 1.76 bits per heavy atom. The number of carbonyl (C=O) groups is 3. The zero-order chi connectivity index (χ0) is 31.2. The number of hydrogen-bond acceptors (Lipinski definition) is 6. The second kappa shape index (κ2) is 14.7. The highest BCUT2D eigenvalue weighted by Gasteiger charge is 2.37. The highest BCUT2D eigenvalue weighted by atomic mass is 19.1. The van der Waals surface area contributed by atoms with Gasteiger partial charge in [-0.05, 0) is 80.9 Å². The molecular formula is C35H46FN5O4. The molecule has 0 spiro atoms. The van der Waals surface area contributed by atoms with Gasteiger partial charge in [0.2, 0.25) is 17.7 Å². The van der Waals surface area contributed by atoms with E-state index in [1.807, 2.05) is 21.9 Å². The standard InChI is InChI=1S/C35H46FN5O4/c36-30-7-2-1-6-29(30)23-39-17-11-25-21-34(43)41-18-12-26(20-33(42)40-15-3-4-16-40)28(24-41)13-19-45-32-9-5-8-31(38-32)35(44)37-14-10-27(25)22-39/h1-2,5-9,25-28H,3-4,10-24H2,(H,37,44)/t25-,26-,27-,28-/m0/s1. The maximum Gasteiger partial charge on any atom is 0.270 e. The van der Waals surface area contributed by atoms with E-state index in [2.05, 4.69) is 15.2 Å². The molecule has 9 nitrogen and oxygen atoms in total. The second-order valence-electron chi connectivity index (χ2n) is 13.3. The predicted molar refractivity (Wildman–Crippen MR) is 168 cm³/mol. The SMILES string of the molecule is O=C1NCC[C@H]2CN(Cc3ccccc3F)CC[C@H]2CC(=O)N2CC[C@@H](CC(=O)N3CCCC3)[C@@H](CCOc3cccc1n3)C2. The van der Waals surface area contributed by atoms with E-state index in [0.717, 1.165) is 58.3 Å². The monoisotopic (exact) mass is 619 g/mol. The van der Waals surface area contributed by atoms with E-state index in [4.69, 9.17) is 4.74 Å². The number of amides is 3. The van der Waals surface area contributed by atoms with Gasteiger partial charge in [-0.3, -0.25) is 19.3 Å². The van der Waals surface area contributed by atoms with Crippen molar-refractivity contribution < 1.29 is 23.5 Å². The molecule has 4 bridgehead atoms. The van der Waals surface area contributed by atoms with Gasteiger partial charge in [-0.15, -0.1) is 0 Å². The topological polar surface area (TPSA) is 95.1 Å². The van der Waals surface area contributed by atoms with Crippen molar-refractivity contribution in [3.63, 3.8) is 0 Å². The number of fused-ring (bicyclic) bond motifs is 5. The fraction of sp³-hybridized carbons (Fsp3) is 0.600. The van der Waals surface area contributed by atoms with Crippen molar-refractivity contribution in [3.05, 3.63) is 59.5 Å². The third kappa shape index (κ3) is 8.01. The minimum atomic E-state index is -0.251. The molecule has 1 aromatic heterocycles. The van der Waals surface area contributed by atoms with Crippen LogP contribution in [0.2, 0.25) is 0 Å². The van der Waals surface area contributed by atoms with Crippen LogP contribution in [0.5, 0.6) is 5.88 Å². The summed E-state index contributed by atoms with van der Waals surface area (Å²) in [6, 6.07) is 12.1. The Morgan fingerprint density at radius 1 is 0.911 bits per heavy atom. The molecule has 5 heterocycles. The van der Waals surface area contributed by atoms with E-state index >= 15 is 0 Å². The zero-order valence-electron chi connectivity index (χ0n) is 26.2. The number of benzene rings is 1. The lowest BCUT2D eigenvalue weighted by molar-refractivity contribution is -0.137. The highest BCUT2D eigenvalue weighted by Crippen LogP contribution is 2.34. The van der Waals surface area contributed by atoms with Gasteiger partial charge in [0, 0.05) is 70.3 Å². The van der Waals surface area contributed by atoms with Crippen LogP contribution in [-0.2, 0) is 16.1 Å². The summed E-state index contributed by atoms with van der Waals surface area (Å²) in [6.45, 7) is 5.93. The van der Waals surface area contributed by atoms with Crippen molar-refractivity contribution in [3.8, 4) is 5.88 Å². The number of rotatable bonds is 4. The summed E-state index contributed by atoms with van der Waals surface area (Å²) in [5.41, 5.74) is 0.987. The van der Waals surface area contributed by atoms with Crippen LogP contribution in [-0.4, -0.2) is 89.8 Å². The number of nitrogens with one attached hydrogen (secondary N) is 1. The largest absolute Gasteiger partial charge is 0.478 e. The Kier molecular flexibility index (Phi) is 10.3. The summed E-state index contributed by atoms with van der Waals surface area (Å²) < 4.78 is 20.5. The summed E-state index contributed by atoms with van der Waals surface area (Å²) >= 11 is 0. The van der Waals surface area contributed by atoms with Crippen LogP contribution >= 0.6 is 0 Å². The quantitative estimate of drug-likeness (QED) is 0.553. The average molecular weight is 620 g/mol. The molecule has 0 aliphatic carbocycles. The van der Waals surface area contributed by atoms with Crippen molar-refractivity contribution in [2.75, 3.05) is 52.4 Å². The number of hydrogen-bond donors (Lipinski definition) is 1. The van der Waals surface area contributed by atoms with Gasteiger partial charge in [0.25, 0.3) is 5.91 Å². The third-order valence-corrected chi connectivity index (χ3v) is 10.4. The lowest BCUT2D eigenvalue weighted by Gasteiger charge is -2.42. The summed E-state index contributed by atoms with van der Waals surface area (Å²) in [5, 5.41) is 3.02. The van der Waals surface area contributed by atoms with Gasteiger partial charge in [-0.2, -0.15) is 0 Å². The molecule has 4 atom stereocenters. The molecule has 3 fully saturated rings. The minimum absolute atomic E-state index is 0.148. The maximum absolute atomic E-state index is 14.5. The fourth-order valence-corrected chi connectivity index (χ4v) is 7.74. The van der Waals surface area contributed by atoms with Crippen LogP contribution < -0.4 is 10.1 Å². The van der Waals surface area contributed by atoms with Gasteiger partial charge >= 0.3 is 0 Å². The van der Waals surface area contributed by atoms with Crippen LogP contribution in [0.3, 0.4) is 0 Å². The number of piperidine rings is 2. The Labute approximate surface area is 265 Å². The number of aromatic nitrogens is 1. The molecule has 3 saturated heterocycles. The average Bonchev–Trinajstić information content (AvgIpc) is 3.59. The molecular weight excluding hydrogens is 573 g/mol. The number of ether oxygens (including phenoxy) is 1. The highest BCUT2D eigenvalue weighted by molar-refractivity contribution is 5.92. The van der Waals surface area contributed by atoms with Gasteiger partial charge in [0.1, 0.15) is 11.5 Å². The molecule has 0 saturated carbocycles. The Morgan fingerprint density at radius 3 is 2.60 bits per heavy atom. The Bertz CT molecular complexity index is 1350. The first-order valence-corrected chi connectivity index (χ1v) is 16.8. The van der Waals surface area contributed by atoms with Crippen molar-refractivity contribution >= 4 is 17.7 Å². The number of pyridine rings is 1. The molecule has 45 heavy (non-hydrogen) atoms. The van der Waals surface area contributed by atoms with Crippen LogP contribution in [0, 0.1) is 29.5 Å². The number of likely N-dealkylation sites (tertiary alicyclic amines) is 2. The first kappa shape index (κ1) is 31.5. The molecule has 2 aromatic rings. The minimum Gasteiger partial charge on any atom is -0.478 e. The van der Waals surface area contributed by atoms with Gasteiger partial charge < -0.3 is 19.9 Å². The normalized spacial score (nSPS) is 26.9. The summed E-state index contributed by atoms with van der Waals surface area (Å²) in [6.07, 6.45) is 6.21. The van der Waals surface area contributed by atoms with Crippen LogP contribution in [0.15, 0.2) is 42.5 Å². The lowest BCUT2D eigenvalue weighted by Crippen LogP contribution is -2.47. The smallest absolute Gasteiger partial charge is 0.270 e. The van der Waals surface area contributed by atoms with Gasteiger partial charge in [0.15, 0.2) is 0 Å². The maximum atomic E-state index is 14.5. The Hall–Kier alpha value is -3.53. The number of halogens is 1. The summed E-state index contributed by atoms with van der Waals surface area (Å²) in [5.74, 6) is 1.06. The molecule has 1 aromatic carbocycles. The van der Waals surface area contributed by atoms with Crippen LogP contribution in [0.1, 0.15) is 67.4 Å². The number of carbonyl (C=O) groups excluding carboxylic acids is 3. The van der Waals surface area contributed by atoms with Crippen LogP contribution in [0.4, 0.5) is 4.39 Å². The van der Waals surface area contributed by atoms with Crippen LogP contribution in [0.25, 0.3) is 0 Å². The van der Waals surface area contributed by atoms with E-state index in [1.54, 1.807) is 24.3 Å². The van der Waals surface area contributed by atoms with Crippen molar-refractivity contribution in [2.24, 2.45) is 23.7 Å².